The van der Waals surface area contributed by atoms with Crippen molar-refractivity contribution in [1.82, 2.24) is 9.80 Å². The number of aryl methyl sites for hydroxylation is 1. The summed E-state index contributed by atoms with van der Waals surface area (Å²) in [5, 5.41) is 0. The lowest BCUT2D eigenvalue weighted by molar-refractivity contribution is -0.140. The Morgan fingerprint density at radius 3 is 2.48 bits per heavy atom. The zero-order valence-electron chi connectivity index (χ0n) is 15.9. The lowest BCUT2D eigenvalue weighted by atomic mass is 9.79. The summed E-state index contributed by atoms with van der Waals surface area (Å²) in [6, 6.07) is 11.4. The number of hydrogen-bond donors (Lipinski definition) is 0. The average molecular weight is 344 g/mol. The second-order valence-electron chi connectivity index (χ2n) is 7.76. The number of hydrogen-bond acceptors (Lipinski definition) is 3. The first-order chi connectivity index (χ1) is 12.1. The van der Waals surface area contributed by atoms with Crippen LogP contribution in [0.3, 0.4) is 0 Å². The van der Waals surface area contributed by atoms with E-state index >= 15 is 0 Å². The molecule has 0 N–H and O–H groups in total. The number of piperidine rings is 1. The van der Waals surface area contributed by atoms with E-state index in [9.17, 15) is 4.79 Å². The molecular formula is C21H32N2O2. The lowest BCUT2D eigenvalue weighted by Crippen LogP contribution is -2.66. The number of rotatable bonds is 6. The number of carbonyl (C=O) groups excluding carboxylic acids is 1. The fraction of sp³-hybridized carbons (Fsp3) is 0.667. The van der Waals surface area contributed by atoms with E-state index in [1.807, 2.05) is 25.3 Å². The van der Waals surface area contributed by atoms with Crippen molar-refractivity contribution < 1.29 is 9.53 Å². The van der Waals surface area contributed by atoms with E-state index in [1.165, 1.54) is 5.56 Å². The van der Waals surface area contributed by atoms with Gasteiger partial charge in [-0.3, -0.25) is 9.69 Å². The average Bonchev–Trinajstić information content (AvgIpc) is 2.60. The van der Waals surface area contributed by atoms with Crippen LogP contribution in [-0.4, -0.2) is 60.6 Å². The van der Waals surface area contributed by atoms with Crippen LogP contribution in [0, 0.1) is 5.92 Å². The highest BCUT2D eigenvalue weighted by Crippen LogP contribution is 2.35. The molecule has 0 aromatic heterocycles. The van der Waals surface area contributed by atoms with Crippen molar-refractivity contribution in [3.8, 4) is 0 Å². The molecule has 0 saturated carbocycles. The van der Waals surface area contributed by atoms with E-state index < -0.39 is 0 Å². The second-order valence-corrected chi connectivity index (χ2v) is 7.76. The fourth-order valence-corrected chi connectivity index (χ4v) is 4.40. The van der Waals surface area contributed by atoms with Gasteiger partial charge in [-0.1, -0.05) is 30.3 Å². The number of methoxy groups -OCH3 is 1. The number of carbonyl (C=O) groups is 1. The summed E-state index contributed by atoms with van der Waals surface area (Å²) in [5.41, 5.74) is 1.25. The van der Waals surface area contributed by atoms with E-state index in [0.29, 0.717) is 36.4 Å². The van der Waals surface area contributed by atoms with E-state index in [-0.39, 0.29) is 0 Å². The highest BCUT2D eigenvalue weighted by Gasteiger charge is 2.45. The number of benzene rings is 1. The van der Waals surface area contributed by atoms with E-state index in [1.54, 1.807) is 0 Å². The van der Waals surface area contributed by atoms with Crippen LogP contribution in [0.4, 0.5) is 0 Å². The van der Waals surface area contributed by atoms with Gasteiger partial charge >= 0.3 is 0 Å². The van der Waals surface area contributed by atoms with Gasteiger partial charge in [-0.25, -0.2) is 0 Å². The topological polar surface area (TPSA) is 32.8 Å². The highest BCUT2D eigenvalue weighted by molar-refractivity contribution is 5.76. The Balaban J connectivity index is 1.47. The Labute approximate surface area is 152 Å². The van der Waals surface area contributed by atoms with E-state index in [4.69, 9.17) is 4.74 Å². The van der Waals surface area contributed by atoms with Gasteiger partial charge in [0.2, 0.25) is 5.91 Å². The van der Waals surface area contributed by atoms with Gasteiger partial charge in [0, 0.05) is 45.2 Å². The molecule has 2 aliphatic heterocycles. The maximum Gasteiger partial charge on any atom is 0.222 e. The van der Waals surface area contributed by atoms with Crippen LogP contribution in [0.15, 0.2) is 30.3 Å². The molecule has 2 saturated heterocycles. The van der Waals surface area contributed by atoms with Crippen LogP contribution in [-0.2, 0) is 16.0 Å². The van der Waals surface area contributed by atoms with E-state index in [0.717, 1.165) is 38.9 Å². The molecule has 0 bridgehead atoms. The van der Waals surface area contributed by atoms with Crippen molar-refractivity contribution in [3.05, 3.63) is 35.9 Å². The first kappa shape index (κ1) is 18.4. The predicted molar refractivity (Wildman–Crippen MR) is 100 cm³/mol. The Morgan fingerprint density at radius 1 is 1.20 bits per heavy atom. The Kier molecular flexibility index (Phi) is 6.13. The molecule has 1 aromatic rings. The second kappa shape index (κ2) is 8.33. The summed E-state index contributed by atoms with van der Waals surface area (Å²) in [4.78, 5) is 17.1. The third-order valence-electron chi connectivity index (χ3n) is 5.97. The standard InChI is InChI=1S/C21H32N2O2/c1-16(2)23-15-19(25-3)21(23)18-11-13-22(14-12-18)20(24)10-9-17-7-5-4-6-8-17/h4-8,16,18-19,21H,9-15H2,1-3H3/t19-,21-/m0/s1. The summed E-state index contributed by atoms with van der Waals surface area (Å²) in [7, 11) is 1.83. The Bertz CT molecular complexity index is 552. The minimum absolute atomic E-state index is 0.305. The van der Waals surface area contributed by atoms with Gasteiger partial charge in [-0.15, -0.1) is 0 Å². The third kappa shape index (κ3) is 4.24. The molecule has 3 rings (SSSR count). The number of likely N-dealkylation sites (tertiary alicyclic amines) is 2. The summed E-state index contributed by atoms with van der Waals surface area (Å²) < 4.78 is 5.67. The maximum absolute atomic E-state index is 12.5. The number of ether oxygens (including phenoxy) is 1. The van der Waals surface area contributed by atoms with Crippen molar-refractivity contribution >= 4 is 5.91 Å². The van der Waals surface area contributed by atoms with Crippen LogP contribution < -0.4 is 0 Å². The summed E-state index contributed by atoms with van der Waals surface area (Å²) >= 11 is 0. The van der Waals surface area contributed by atoms with Gasteiger partial charge in [0.15, 0.2) is 0 Å². The molecule has 2 aliphatic rings. The van der Waals surface area contributed by atoms with Crippen molar-refractivity contribution in [2.75, 3.05) is 26.7 Å². The molecule has 0 aliphatic carbocycles. The van der Waals surface area contributed by atoms with Crippen LogP contribution in [0.1, 0.15) is 38.7 Å². The molecular weight excluding hydrogens is 312 g/mol. The number of nitrogens with zero attached hydrogens (tertiary/aromatic N) is 2. The van der Waals surface area contributed by atoms with Crippen molar-refractivity contribution in [2.24, 2.45) is 5.92 Å². The molecule has 138 valence electrons. The molecule has 2 heterocycles. The molecule has 0 radical (unpaired) electrons. The van der Waals surface area contributed by atoms with Gasteiger partial charge < -0.3 is 9.64 Å². The minimum Gasteiger partial charge on any atom is -0.378 e. The third-order valence-corrected chi connectivity index (χ3v) is 5.97. The molecule has 25 heavy (non-hydrogen) atoms. The van der Waals surface area contributed by atoms with Crippen molar-refractivity contribution in [1.29, 1.82) is 0 Å². The van der Waals surface area contributed by atoms with Crippen molar-refractivity contribution in [3.63, 3.8) is 0 Å². The van der Waals surface area contributed by atoms with Crippen molar-refractivity contribution in [2.45, 2.75) is 57.7 Å². The van der Waals surface area contributed by atoms with Crippen LogP contribution in [0.25, 0.3) is 0 Å². The first-order valence-corrected chi connectivity index (χ1v) is 9.70. The molecule has 2 atom stereocenters. The lowest BCUT2D eigenvalue weighted by Gasteiger charge is -2.54. The monoisotopic (exact) mass is 344 g/mol. The highest BCUT2D eigenvalue weighted by atomic mass is 16.5. The SMILES string of the molecule is CO[C@H]1CN(C(C)C)[C@H]1C1CCN(C(=O)CCc2ccccc2)CC1. The van der Waals surface area contributed by atoms with Gasteiger partial charge in [-0.05, 0) is 44.6 Å². The maximum atomic E-state index is 12.5. The summed E-state index contributed by atoms with van der Waals surface area (Å²) in [6.07, 6.45) is 4.04. The predicted octanol–water partition coefficient (Wildman–Crippen LogP) is 2.97. The van der Waals surface area contributed by atoms with Gasteiger partial charge in [0.1, 0.15) is 0 Å². The largest absolute Gasteiger partial charge is 0.378 e. The smallest absolute Gasteiger partial charge is 0.222 e. The molecule has 2 fully saturated rings. The van der Waals surface area contributed by atoms with E-state index in [2.05, 4.69) is 35.8 Å². The summed E-state index contributed by atoms with van der Waals surface area (Å²) in [6.45, 7) is 7.38. The zero-order chi connectivity index (χ0) is 17.8. The normalized spacial score (nSPS) is 25.2. The Morgan fingerprint density at radius 2 is 1.88 bits per heavy atom. The van der Waals surface area contributed by atoms with Crippen LogP contribution in [0.5, 0.6) is 0 Å². The first-order valence-electron chi connectivity index (χ1n) is 9.70. The molecule has 0 spiro atoms. The molecule has 1 aromatic carbocycles. The van der Waals surface area contributed by atoms with Gasteiger partial charge in [0.05, 0.1) is 6.10 Å². The quantitative estimate of drug-likeness (QED) is 0.795. The Hall–Kier alpha value is -1.39. The van der Waals surface area contributed by atoms with Crippen LogP contribution >= 0.6 is 0 Å². The molecule has 0 unspecified atom stereocenters. The molecule has 4 nitrogen and oxygen atoms in total. The van der Waals surface area contributed by atoms with Gasteiger partial charge in [0.25, 0.3) is 0 Å². The number of amides is 1. The minimum atomic E-state index is 0.305. The molecule has 1 amide bonds. The zero-order valence-corrected chi connectivity index (χ0v) is 15.9. The van der Waals surface area contributed by atoms with Gasteiger partial charge in [-0.2, -0.15) is 0 Å². The molecule has 4 heteroatoms. The van der Waals surface area contributed by atoms with Crippen LogP contribution in [0.2, 0.25) is 0 Å². The summed E-state index contributed by atoms with van der Waals surface area (Å²) in [5.74, 6) is 0.958. The fourth-order valence-electron chi connectivity index (χ4n) is 4.40.